The van der Waals surface area contributed by atoms with Gasteiger partial charge in [0.1, 0.15) is 11.9 Å². The molecular formula is C25H23FN4O3S. The van der Waals surface area contributed by atoms with E-state index in [-0.39, 0.29) is 23.9 Å². The molecule has 1 amide bonds. The van der Waals surface area contributed by atoms with Crippen LogP contribution in [0.3, 0.4) is 0 Å². The van der Waals surface area contributed by atoms with Gasteiger partial charge in [-0.15, -0.1) is 0 Å². The van der Waals surface area contributed by atoms with Gasteiger partial charge in [0, 0.05) is 31.9 Å². The number of nitrogens with zero attached hydrogens (tertiary/aromatic N) is 3. The quantitative estimate of drug-likeness (QED) is 0.586. The molecule has 1 saturated heterocycles. The van der Waals surface area contributed by atoms with E-state index in [1.165, 1.54) is 52.8 Å². The highest BCUT2D eigenvalue weighted by atomic mass is 32.2. The predicted molar refractivity (Wildman–Crippen MR) is 126 cm³/mol. The molecule has 1 aliphatic heterocycles. The predicted octanol–water partition coefficient (Wildman–Crippen LogP) is 3.38. The highest BCUT2D eigenvalue weighted by molar-refractivity contribution is 7.89. The van der Waals surface area contributed by atoms with Crippen molar-refractivity contribution in [1.29, 1.82) is 5.26 Å². The van der Waals surface area contributed by atoms with Crippen molar-refractivity contribution in [2.24, 2.45) is 0 Å². The second-order valence-electron chi connectivity index (χ2n) is 7.89. The van der Waals surface area contributed by atoms with Gasteiger partial charge in [0.2, 0.25) is 15.9 Å². The minimum absolute atomic E-state index is 0.133. The highest BCUT2D eigenvalue weighted by Gasteiger charge is 2.34. The minimum atomic E-state index is -3.71. The van der Waals surface area contributed by atoms with Gasteiger partial charge in [0.15, 0.2) is 0 Å². The molecule has 0 spiro atoms. The first-order chi connectivity index (χ1) is 16.4. The lowest BCUT2D eigenvalue weighted by Gasteiger charge is -2.38. The molecule has 4 rings (SSSR count). The monoisotopic (exact) mass is 478 g/mol. The Labute approximate surface area is 198 Å². The fraction of sp³-hybridized carbons (Fsp3) is 0.200. The maximum atomic E-state index is 13.3. The van der Waals surface area contributed by atoms with Crippen LogP contribution in [0, 0.1) is 17.1 Å². The summed E-state index contributed by atoms with van der Waals surface area (Å²) in [7, 11) is -3.71. The molecule has 1 atom stereocenters. The highest BCUT2D eigenvalue weighted by Crippen LogP contribution is 2.26. The second kappa shape index (κ2) is 10.1. The fourth-order valence-corrected chi connectivity index (χ4v) is 5.38. The van der Waals surface area contributed by atoms with Gasteiger partial charge in [0.25, 0.3) is 0 Å². The van der Waals surface area contributed by atoms with Gasteiger partial charge in [0.05, 0.1) is 16.5 Å². The zero-order valence-corrected chi connectivity index (χ0v) is 19.1. The lowest BCUT2D eigenvalue weighted by atomic mass is 10.0. The van der Waals surface area contributed by atoms with Crippen LogP contribution in [0.2, 0.25) is 0 Å². The van der Waals surface area contributed by atoms with E-state index in [0.29, 0.717) is 24.3 Å². The van der Waals surface area contributed by atoms with E-state index < -0.39 is 21.9 Å². The summed E-state index contributed by atoms with van der Waals surface area (Å²) in [6, 6.07) is 22.0. The molecule has 174 valence electrons. The largest absolute Gasteiger partial charge is 0.324 e. The van der Waals surface area contributed by atoms with Crippen molar-refractivity contribution in [3.05, 3.63) is 95.8 Å². The normalized spacial score (nSPS) is 15.9. The summed E-state index contributed by atoms with van der Waals surface area (Å²) >= 11 is 0. The Hall–Kier alpha value is -3.58. The molecule has 0 bridgehead atoms. The molecule has 1 heterocycles. The average Bonchev–Trinajstić information content (AvgIpc) is 2.86. The first-order valence-electron chi connectivity index (χ1n) is 10.7. The van der Waals surface area contributed by atoms with Crippen molar-refractivity contribution < 1.29 is 17.6 Å². The molecule has 3 aromatic rings. The van der Waals surface area contributed by atoms with Crippen molar-refractivity contribution in [1.82, 2.24) is 9.21 Å². The van der Waals surface area contributed by atoms with Crippen LogP contribution in [0.25, 0.3) is 0 Å². The van der Waals surface area contributed by atoms with Crippen LogP contribution < -0.4 is 5.32 Å². The van der Waals surface area contributed by atoms with Crippen LogP contribution in [-0.2, 0) is 14.8 Å². The smallest absolute Gasteiger partial charge is 0.246 e. The Morgan fingerprint density at radius 3 is 2.12 bits per heavy atom. The molecule has 0 saturated carbocycles. The number of nitrogens with one attached hydrogen (secondary N) is 1. The molecule has 1 N–H and O–H groups in total. The van der Waals surface area contributed by atoms with Crippen LogP contribution in [0.15, 0.2) is 83.8 Å². The van der Waals surface area contributed by atoms with Crippen LogP contribution >= 0.6 is 0 Å². The number of nitriles is 1. The van der Waals surface area contributed by atoms with Crippen molar-refractivity contribution in [3.8, 4) is 6.07 Å². The van der Waals surface area contributed by atoms with Crippen LogP contribution in [-0.4, -0.2) is 49.7 Å². The lowest BCUT2D eigenvalue weighted by Crippen LogP contribution is -2.51. The second-order valence-corrected chi connectivity index (χ2v) is 9.82. The number of halogens is 1. The van der Waals surface area contributed by atoms with E-state index in [1.54, 1.807) is 0 Å². The number of hydrogen-bond donors (Lipinski definition) is 1. The van der Waals surface area contributed by atoms with Gasteiger partial charge in [-0.25, -0.2) is 12.8 Å². The third kappa shape index (κ3) is 5.15. The lowest BCUT2D eigenvalue weighted by molar-refractivity contribution is -0.122. The van der Waals surface area contributed by atoms with Gasteiger partial charge in [-0.2, -0.15) is 9.57 Å². The molecule has 0 aliphatic carbocycles. The number of piperazine rings is 1. The van der Waals surface area contributed by atoms with Gasteiger partial charge < -0.3 is 5.32 Å². The Morgan fingerprint density at radius 1 is 0.912 bits per heavy atom. The first kappa shape index (κ1) is 23.6. The summed E-state index contributed by atoms with van der Waals surface area (Å²) in [5.41, 5.74) is 1.65. The van der Waals surface area contributed by atoms with Gasteiger partial charge in [-0.3, -0.25) is 9.69 Å². The minimum Gasteiger partial charge on any atom is -0.324 e. The first-order valence-corrected chi connectivity index (χ1v) is 12.2. The number of carbonyl (C=O) groups excluding carboxylic acids is 1. The number of benzene rings is 3. The molecule has 0 aromatic heterocycles. The summed E-state index contributed by atoms with van der Waals surface area (Å²) in [5.74, 6) is -0.668. The number of amides is 1. The van der Waals surface area contributed by atoms with Crippen LogP contribution in [0.4, 0.5) is 10.1 Å². The van der Waals surface area contributed by atoms with Crippen molar-refractivity contribution >= 4 is 21.6 Å². The number of rotatable bonds is 6. The molecule has 1 fully saturated rings. The summed E-state index contributed by atoms with van der Waals surface area (Å²) in [4.78, 5) is 15.3. The summed E-state index contributed by atoms with van der Waals surface area (Å²) in [6.07, 6.45) is 0. The van der Waals surface area contributed by atoms with Gasteiger partial charge in [-0.1, -0.05) is 30.3 Å². The standard InChI is InChI=1S/C25H23FN4O3S/c26-21-8-10-22(11-9-21)28-25(31)24(20-4-2-1-3-5-20)29-14-16-30(17-15-29)34(32,33)23-12-6-19(18-27)7-13-23/h1-13,24H,14-17H2,(H,28,31)/t24-/m1/s1. The number of hydrogen-bond acceptors (Lipinski definition) is 5. The van der Waals surface area contributed by atoms with Gasteiger partial charge in [-0.05, 0) is 54.1 Å². The molecule has 3 aromatic carbocycles. The van der Waals surface area contributed by atoms with Crippen LogP contribution in [0.5, 0.6) is 0 Å². The van der Waals surface area contributed by atoms with E-state index in [2.05, 4.69) is 5.32 Å². The van der Waals surface area contributed by atoms with E-state index in [4.69, 9.17) is 5.26 Å². The Bertz CT molecular complexity index is 1280. The van der Waals surface area contributed by atoms with Gasteiger partial charge >= 0.3 is 0 Å². The SMILES string of the molecule is N#Cc1ccc(S(=O)(=O)N2CCN([C@@H](C(=O)Nc3ccc(F)cc3)c3ccccc3)CC2)cc1. The van der Waals surface area contributed by atoms with Crippen molar-refractivity contribution in [2.45, 2.75) is 10.9 Å². The van der Waals surface area contributed by atoms with Crippen molar-refractivity contribution in [2.75, 3.05) is 31.5 Å². The number of sulfonamides is 1. The third-order valence-electron chi connectivity index (χ3n) is 5.73. The zero-order chi connectivity index (χ0) is 24.1. The maximum absolute atomic E-state index is 13.3. The summed E-state index contributed by atoms with van der Waals surface area (Å²) < 4.78 is 40.7. The topological polar surface area (TPSA) is 93.5 Å². The third-order valence-corrected chi connectivity index (χ3v) is 7.65. The molecule has 9 heteroatoms. The molecule has 0 unspecified atom stereocenters. The van der Waals surface area contributed by atoms with E-state index >= 15 is 0 Å². The Morgan fingerprint density at radius 2 is 1.53 bits per heavy atom. The zero-order valence-electron chi connectivity index (χ0n) is 18.3. The molecule has 34 heavy (non-hydrogen) atoms. The Kier molecular flexibility index (Phi) is 7.03. The van der Waals surface area contributed by atoms with Crippen LogP contribution in [0.1, 0.15) is 17.2 Å². The fourth-order valence-electron chi connectivity index (χ4n) is 3.96. The molecule has 7 nitrogen and oxygen atoms in total. The van der Waals surface area contributed by atoms with E-state index in [9.17, 15) is 17.6 Å². The van der Waals surface area contributed by atoms with E-state index in [0.717, 1.165) is 5.56 Å². The van der Waals surface area contributed by atoms with E-state index in [1.807, 2.05) is 41.3 Å². The average molecular weight is 479 g/mol. The maximum Gasteiger partial charge on any atom is 0.246 e. The van der Waals surface area contributed by atoms with Crippen molar-refractivity contribution in [3.63, 3.8) is 0 Å². The molecule has 1 aliphatic rings. The Balaban J connectivity index is 1.51. The number of anilines is 1. The summed E-state index contributed by atoms with van der Waals surface area (Å²) in [6.45, 7) is 1.14. The summed E-state index contributed by atoms with van der Waals surface area (Å²) in [5, 5.41) is 11.8. The molecular weight excluding hydrogens is 455 g/mol. The molecule has 0 radical (unpaired) electrons. The number of carbonyl (C=O) groups is 1.